The zero-order valence-corrected chi connectivity index (χ0v) is 12.0. The number of hydrogen-bond donors (Lipinski definition) is 1. The summed E-state index contributed by atoms with van der Waals surface area (Å²) < 4.78 is 0. The van der Waals surface area contributed by atoms with Crippen LogP contribution in [0.4, 0.5) is 0 Å². The Hall–Kier alpha value is -1.19. The summed E-state index contributed by atoms with van der Waals surface area (Å²) in [6, 6.07) is 8.47. The number of nitrogens with two attached hydrogens (primary N) is 1. The summed E-state index contributed by atoms with van der Waals surface area (Å²) in [6.07, 6.45) is 0. The first-order valence-corrected chi connectivity index (χ1v) is 7.22. The van der Waals surface area contributed by atoms with Gasteiger partial charge in [0.15, 0.2) is 0 Å². The molecule has 0 bridgehead atoms. The van der Waals surface area contributed by atoms with E-state index in [1.807, 2.05) is 0 Å². The van der Waals surface area contributed by atoms with Gasteiger partial charge in [0, 0.05) is 23.4 Å². The molecule has 0 aliphatic carbocycles. The van der Waals surface area contributed by atoms with Gasteiger partial charge in [-0.05, 0) is 18.9 Å². The summed E-state index contributed by atoms with van der Waals surface area (Å²) in [5, 5.41) is 3.24. The Balaban J connectivity index is 2.30. The van der Waals surface area contributed by atoms with Gasteiger partial charge in [0.25, 0.3) is 0 Å². The molecule has 18 heavy (non-hydrogen) atoms. The Morgan fingerprint density at radius 1 is 1.33 bits per heavy atom. The number of aromatic nitrogens is 1. The Kier molecular flexibility index (Phi) is 4.15. The van der Waals surface area contributed by atoms with Gasteiger partial charge in [0.2, 0.25) is 0 Å². The normalized spacial score (nSPS) is 12.9. The molecule has 2 rings (SSSR count). The Morgan fingerprint density at radius 3 is 2.72 bits per heavy atom. The third kappa shape index (κ3) is 2.79. The maximum atomic E-state index is 5.84. The van der Waals surface area contributed by atoms with Crippen LogP contribution in [0, 0.1) is 12.8 Å². The maximum absolute atomic E-state index is 5.84. The highest BCUT2D eigenvalue weighted by atomic mass is 32.1. The van der Waals surface area contributed by atoms with E-state index in [1.54, 1.807) is 11.3 Å². The highest BCUT2D eigenvalue weighted by Gasteiger charge is 2.17. The van der Waals surface area contributed by atoms with Crippen molar-refractivity contribution in [2.75, 3.05) is 6.54 Å². The fourth-order valence-electron chi connectivity index (χ4n) is 2.10. The first-order chi connectivity index (χ1) is 8.61. The SMILES string of the molecule is Cc1cccc(-c2nc(C(CN)C(C)C)cs2)c1. The first kappa shape index (κ1) is 13.2. The molecule has 0 aliphatic heterocycles. The lowest BCUT2D eigenvalue weighted by atomic mass is 9.93. The molecule has 2 N–H and O–H groups in total. The number of nitrogens with zero attached hydrogens (tertiary/aromatic N) is 1. The van der Waals surface area contributed by atoms with Crippen LogP contribution in [0.2, 0.25) is 0 Å². The average molecular weight is 260 g/mol. The summed E-state index contributed by atoms with van der Waals surface area (Å²) in [5.74, 6) is 0.891. The van der Waals surface area contributed by atoms with Crippen LogP contribution in [0.15, 0.2) is 29.6 Å². The molecule has 2 nitrogen and oxygen atoms in total. The van der Waals surface area contributed by atoms with Crippen molar-refractivity contribution in [3.63, 3.8) is 0 Å². The Bertz CT molecular complexity index is 517. The van der Waals surface area contributed by atoms with E-state index in [9.17, 15) is 0 Å². The second-order valence-corrected chi connectivity index (χ2v) is 5.89. The van der Waals surface area contributed by atoms with E-state index in [1.165, 1.54) is 11.1 Å². The lowest BCUT2D eigenvalue weighted by molar-refractivity contribution is 0.498. The highest BCUT2D eigenvalue weighted by Crippen LogP contribution is 2.30. The molecule has 1 unspecified atom stereocenters. The van der Waals surface area contributed by atoms with Crippen LogP contribution in [0.3, 0.4) is 0 Å². The molecule has 2 aromatic rings. The average Bonchev–Trinajstić information content (AvgIpc) is 2.79. The topological polar surface area (TPSA) is 38.9 Å². The lowest BCUT2D eigenvalue weighted by Gasteiger charge is -2.15. The van der Waals surface area contributed by atoms with Gasteiger partial charge in [-0.25, -0.2) is 4.98 Å². The molecule has 3 heteroatoms. The monoisotopic (exact) mass is 260 g/mol. The molecule has 0 fully saturated rings. The number of benzene rings is 1. The first-order valence-electron chi connectivity index (χ1n) is 6.34. The molecular weight excluding hydrogens is 240 g/mol. The van der Waals surface area contributed by atoms with Crippen LogP contribution in [0.5, 0.6) is 0 Å². The lowest BCUT2D eigenvalue weighted by Crippen LogP contribution is -2.18. The minimum atomic E-state index is 0.361. The second kappa shape index (κ2) is 5.63. The summed E-state index contributed by atoms with van der Waals surface area (Å²) >= 11 is 1.71. The summed E-state index contributed by atoms with van der Waals surface area (Å²) in [5.41, 5.74) is 9.44. The third-order valence-electron chi connectivity index (χ3n) is 3.23. The number of hydrogen-bond acceptors (Lipinski definition) is 3. The molecule has 96 valence electrons. The van der Waals surface area contributed by atoms with Crippen LogP contribution in [0.25, 0.3) is 10.6 Å². The van der Waals surface area contributed by atoms with Gasteiger partial charge < -0.3 is 5.73 Å². The number of thiazole rings is 1. The van der Waals surface area contributed by atoms with Crippen LogP contribution in [0.1, 0.15) is 31.0 Å². The smallest absolute Gasteiger partial charge is 0.123 e. The number of aryl methyl sites for hydroxylation is 1. The molecule has 0 aliphatic rings. The van der Waals surface area contributed by atoms with Gasteiger partial charge >= 0.3 is 0 Å². The minimum absolute atomic E-state index is 0.361. The Labute approximate surface area is 113 Å². The second-order valence-electron chi connectivity index (χ2n) is 5.03. The summed E-state index contributed by atoms with van der Waals surface area (Å²) in [6.45, 7) is 7.16. The largest absolute Gasteiger partial charge is 0.330 e. The molecule has 0 spiro atoms. The summed E-state index contributed by atoms with van der Waals surface area (Å²) in [4.78, 5) is 4.75. The fraction of sp³-hybridized carbons (Fsp3) is 0.400. The Morgan fingerprint density at radius 2 is 2.11 bits per heavy atom. The van der Waals surface area contributed by atoms with Crippen molar-refractivity contribution < 1.29 is 0 Å². The van der Waals surface area contributed by atoms with E-state index in [2.05, 4.69) is 50.4 Å². The van der Waals surface area contributed by atoms with Crippen molar-refractivity contribution >= 4 is 11.3 Å². The van der Waals surface area contributed by atoms with Crippen LogP contribution < -0.4 is 5.73 Å². The number of rotatable bonds is 4. The van der Waals surface area contributed by atoms with Crippen molar-refractivity contribution in [3.8, 4) is 10.6 Å². The van der Waals surface area contributed by atoms with Gasteiger partial charge in [-0.15, -0.1) is 11.3 Å². The molecule has 0 radical (unpaired) electrons. The van der Waals surface area contributed by atoms with E-state index in [4.69, 9.17) is 10.7 Å². The van der Waals surface area contributed by atoms with Crippen molar-refractivity contribution in [2.24, 2.45) is 11.7 Å². The van der Waals surface area contributed by atoms with Gasteiger partial charge in [0.05, 0.1) is 5.69 Å². The molecule has 0 saturated heterocycles. The van der Waals surface area contributed by atoms with Crippen LogP contribution in [-0.2, 0) is 0 Å². The van der Waals surface area contributed by atoms with E-state index < -0.39 is 0 Å². The van der Waals surface area contributed by atoms with Crippen molar-refractivity contribution in [1.29, 1.82) is 0 Å². The predicted octanol–water partition coefficient (Wildman–Crippen LogP) is 3.82. The summed E-state index contributed by atoms with van der Waals surface area (Å²) in [7, 11) is 0. The zero-order chi connectivity index (χ0) is 13.1. The van der Waals surface area contributed by atoms with E-state index in [0.717, 1.165) is 10.7 Å². The van der Waals surface area contributed by atoms with Crippen LogP contribution >= 0.6 is 11.3 Å². The predicted molar refractivity (Wildman–Crippen MR) is 78.9 cm³/mol. The van der Waals surface area contributed by atoms with Gasteiger partial charge in [-0.3, -0.25) is 0 Å². The van der Waals surface area contributed by atoms with Gasteiger partial charge in [-0.1, -0.05) is 37.6 Å². The molecule has 1 atom stereocenters. The van der Waals surface area contributed by atoms with Crippen LogP contribution in [-0.4, -0.2) is 11.5 Å². The van der Waals surface area contributed by atoms with E-state index in [0.29, 0.717) is 18.4 Å². The molecular formula is C15H20N2S. The van der Waals surface area contributed by atoms with E-state index >= 15 is 0 Å². The molecule has 1 aromatic carbocycles. The van der Waals surface area contributed by atoms with Crippen molar-refractivity contribution in [3.05, 3.63) is 40.9 Å². The quantitative estimate of drug-likeness (QED) is 0.907. The molecule has 0 amide bonds. The highest BCUT2D eigenvalue weighted by molar-refractivity contribution is 7.13. The molecule has 1 heterocycles. The molecule has 0 saturated carbocycles. The van der Waals surface area contributed by atoms with Crippen molar-refractivity contribution in [1.82, 2.24) is 4.98 Å². The van der Waals surface area contributed by atoms with Crippen molar-refractivity contribution in [2.45, 2.75) is 26.7 Å². The minimum Gasteiger partial charge on any atom is -0.330 e. The van der Waals surface area contributed by atoms with E-state index in [-0.39, 0.29) is 0 Å². The maximum Gasteiger partial charge on any atom is 0.123 e. The standard InChI is InChI=1S/C15H20N2S/c1-10(2)13(8-16)14-9-18-15(17-14)12-6-4-5-11(3)7-12/h4-7,9-10,13H,8,16H2,1-3H3. The molecule has 1 aromatic heterocycles. The van der Waals surface area contributed by atoms with Gasteiger partial charge in [0.1, 0.15) is 5.01 Å². The third-order valence-corrected chi connectivity index (χ3v) is 4.14. The fourth-order valence-corrected chi connectivity index (χ4v) is 2.98. The zero-order valence-electron chi connectivity index (χ0n) is 11.2. The van der Waals surface area contributed by atoms with Gasteiger partial charge in [-0.2, -0.15) is 0 Å².